The van der Waals surface area contributed by atoms with Crippen molar-refractivity contribution in [2.24, 2.45) is 5.10 Å². The van der Waals surface area contributed by atoms with E-state index in [-0.39, 0.29) is 18.0 Å². The van der Waals surface area contributed by atoms with Crippen molar-refractivity contribution in [3.63, 3.8) is 0 Å². The van der Waals surface area contributed by atoms with Gasteiger partial charge in [0.2, 0.25) is 5.91 Å². The van der Waals surface area contributed by atoms with Crippen molar-refractivity contribution in [1.29, 1.82) is 0 Å². The number of carbonyl (C=O) groups is 1. The summed E-state index contributed by atoms with van der Waals surface area (Å²) in [5.41, 5.74) is 6.43. The molecule has 0 aliphatic carbocycles. The lowest BCUT2D eigenvalue weighted by Crippen LogP contribution is -2.19. The number of amides is 1. The number of benzene rings is 4. The molecule has 0 aliphatic heterocycles. The Bertz CT molecular complexity index is 1560. The maximum atomic E-state index is 12.3. The molecule has 0 fully saturated rings. The van der Waals surface area contributed by atoms with Gasteiger partial charge in [0.1, 0.15) is 0 Å². The van der Waals surface area contributed by atoms with E-state index in [1.54, 1.807) is 18.3 Å². The van der Waals surface area contributed by atoms with Gasteiger partial charge in [-0.2, -0.15) is 5.10 Å². The zero-order chi connectivity index (χ0) is 24.2. The number of non-ortho nitro benzene ring substituents is 1. The Labute approximate surface area is 201 Å². The Kier molecular flexibility index (Phi) is 6.05. The summed E-state index contributed by atoms with van der Waals surface area (Å²) in [5.74, 6) is -0.297. The normalized spacial score (nSPS) is 11.3. The van der Waals surface area contributed by atoms with Crippen molar-refractivity contribution in [3.05, 3.63) is 124 Å². The van der Waals surface area contributed by atoms with Crippen LogP contribution in [0, 0.1) is 10.1 Å². The summed E-state index contributed by atoms with van der Waals surface area (Å²) >= 11 is 0. The molecule has 5 rings (SSSR count). The van der Waals surface area contributed by atoms with Crippen molar-refractivity contribution >= 4 is 39.5 Å². The van der Waals surface area contributed by atoms with Gasteiger partial charge < -0.3 is 4.57 Å². The fraction of sp³-hybridized carbons (Fsp3) is 0.0714. The van der Waals surface area contributed by atoms with E-state index < -0.39 is 4.92 Å². The molecule has 172 valence electrons. The summed E-state index contributed by atoms with van der Waals surface area (Å²) in [6, 6.07) is 28.7. The molecule has 7 nitrogen and oxygen atoms in total. The lowest BCUT2D eigenvalue weighted by Gasteiger charge is -2.09. The second-order valence-corrected chi connectivity index (χ2v) is 8.26. The van der Waals surface area contributed by atoms with Crippen LogP contribution in [0.3, 0.4) is 0 Å². The summed E-state index contributed by atoms with van der Waals surface area (Å²) in [5, 5.41) is 18.4. The van der Waals surface area contributed by atoms with Crippen LogP contribution in [-0.2, 0) is 17.8 Å². The standard InChI is InChI=1S/C28H22N4O3/c33-28(16-20-12-14-24(15-13-20)32(34)35)30-29-17-23-19-31(27-11-4-3-10-26(23)27)18-22-8-5-7-21-6-1-2-9-25(21)22/h1-15,17,19H,16,18H2,(H,30,33)/b29-17-. The molecular formula is C28H22N4O3. The Morgan fingerprint density at radius 1 is 0.914 bits per heavy atom. The molecule has 0 unspecified atom stereocenters. The van der Waals surface area contributed by atoms with Crippen LogP contribution >= 0.6 is 0 Å². The van der Waals surface area contributed by atoms with Crippen LogP contribution in [0.1, 0.15) is 16.7 Å². The quantitative estimate of drug-likeness (QED) is 0.198. The predicted octanol–water partition coefficient (Wildman–Crippen LogP) is 5.44. The van der Waals surface area contributed by atoms with Crippen molar-refractivity contribution < 1.29 is 9.72 Å². The number of carbonyl (C=O) groups excluding carboxylic acids is 1. The number of hydrogen-bond donors (Lipinski definition) is 1. The first-order chi connectivity index (χ1) is 17.1. The third kappa shape index (κ3) is 4.79. The first-order valence-electron chi connectivity index (χ1n) is 11.2. The maximum Gasteiger partial charge on any atom is 0.269 e. The topological polar surface area (TPSA) is 89.5 Å². The molecule has 7 heteroatoms. The highest BCUT2D eigenvalue weighted by Crippen LogP contribution is 2.24. The highest BCUT2D eigenvalue weighted by Gasteiger charge is 2.10. The molecule has 1 N–H and O–H groups in total. The largest absolute Gasteiger partial charge is 0.342 e. The van der Waals surface area contributed by atoms with E-state index in [0.29, 0.717) is 12.1 Å². The average molecular weight is 463 g/mol. The Balaban J connectivity index is 1.33. The molecule has 0 atom stereocenters. The van der Waals surface area contributed by atoms with Crippen molar-refractivity contribution in [1.82, 2.24) is 9.99 Å². The van der Waals surface area contributed by atoms with E-state index in [4.69, 9.17) is 0 Å². The molecule has 0 radical (unpaired) electrons. The summed E-state index contributed by atoms with van der Waals surface area (Å²) in [6.07, 6.45) is 3.77. The van der Waals surface area contributed by atoms with Gasteiger partial charge in [0.15, 0.2) is 0 Å². The van der Waals surface area contributed by atoms with Crippen LogP contribution in [-0.4, -0.2) is 21.6 Å². The molecule has 1 aromatic heterocycles. The second-order valence-electron chi connectivity index (χ2n) is 8.26. The minimum Gasteiger partial charge on any atom is -0.342 e. The Morgan fingerprint density at radius 2 is 1.63 bits per heavy atom. The molecule has 0 spiro atoms. The fourth-order valence-corrected chi connectivity index (χ4v) is 4.26. The van der Waals surface area contributed by atoms with Gasteiger partial charge in [-0.3, -0.25) is 14.9 Å². The van der Waals surface area contributed by atoms with Crippen LogP contribution in [0.25, 0.3) is 21.7 Å². The number of nitrogens with one attached hydrogen (secondary N) is 1. The van der Waals surface area contributed by atoms with Gasteiger partial charge in [0.25, 0.3) is 5.69 Å². The Morgan fingerprint density at radius 3 is 2.43 bits per heavy atom. The van der Waals surface area contributed by atoms with Gasteiger partial charge in [0, 0.05) is 41.3 Å². The first-order valence-corrected chi connectivity index (χ1v) is 11.2. The molecular weight excluding hydrogens is 440 g/mol. The van der Waals surface area contributed by atoms with Gasteiger partial charge in [0.05, 0.1) is 17.6 Å². The summed E-state index contributed by atoms with van der Waals surface area (Å²) < 4.78 is 2.19. The average Bonchev–Trinajstić information content (AvgIpc) is 3.22. The number of para-hydroxylation sites is 1. The molecule has 0 saturated carbocycles. The number of nitrogens with zero attached hydrogens (tertiary/aromatic N) is 3. The van der Waals surface area contributed by atoms with Crippen molar-refractivity contribution in [2.45, 2.75) is 13.0 Å². The third-order valence-electron chi connectivity index (χ3n) is 5.94. The molecule has 0 saturated heterocycles. The number of fused-ring (bicyclic) bond motifs is 2. The minimum atomic E-state index is -0.467. The predicted molar refractivity (Wildman–Crippen MR) is 138 cm³/mol. The number of rotatable bonds is 7. The van der Waals surface area contributed by atoms with Gasteiger partial charge in [-0.1, -0.05) is 72.8 Å². The smallest absolute Gasteiger partial charge is 0.269 e. The number of hydrogen-bond acceptors (Lipinski definition) is 4. The SMILES string of the molecule is O=C(Cc1ccc([N+](=O)[O-])cc1)N/N=C\c1cn(Cc2cccc3ccccc23)c2ccccc12. The van der Waals surface area contributed by atoms with E-state index in [0.717, 1.165) is 16.5 Å². The maximum absolute atomic E-state index is 12.3. The monoisotopic (exact) mass is 462 g/mol. The summed E-state index contributed by atoms with van der Waals surface area (Å²) in [6.45, 7) is 0.711. The summed E-state index contributed by atoms with van der Waals surface area (Å²) in [4.78, 5) is 22.6. The van der Waals surface area contributed by atoms with Crippen LogP contribution in [0.4, 0.5) is 5.69 Å². The molecule has 35 heavy (non-hydrogen) atoms. The molecule has 0 bridgehead atoms. The van der Waals surface area contributed by atoms with Crippen LogP contribution < -0.4 is 5.43 Å². The lowest BCUT2D eigenvalue weighted by molar-refractivity contribution is -0.384. The van der Waals surface area contributed by atoms with Crippen LogP contribution in [0.2, 0.25) is 0 Å². The molecule has 0 aliphatic rings. The van der Waals surface area contributed by atoms with Crippen molar-refractivity contribution in [2.75, 3.05) is 0 Å². The fourth-order valence-electron chi connectivity index (χ4n) is 4.26. The molecule has 1 amide bonds. The van der Waals surface area contributed by atoms with E-state index in [9.17, 15) is 14.9 Å². The lowest BCUT2D eigenvalue weighted by atomic mass is 10.0. The molecule has 5 aromatic rings. The second kappa shape index (κ2) is 9.61. The van der Waals surface area contributed by atoms with Gasteiger partial charge in [-0.25, -0.2) is 5.43 Å². The highest BCUT2D eigenvalue weighted by atomic mass is 16.6. The zero-order valence-corrected chi connectivity index (χ0v) is 18.8. The van der Waals surface area contributed by atoms with Crippen molar-refractivity contribution in [3.8, 4) is 0 Å². The van der Waals surface area contributed by atoms with E-state index >= 15 is 0 Å². The molecule has 4 aromatic carbocycles. The van der Waals surface area contributed by atoms with Gasteiger partial charge >= 0.3 is 0 Å². The van der Waals surface area contributed by atoms with E-state index in [1.165, 1.54) is 28.5 Å². The Hall–Kier alpha value is -4.78. The third-order valence-corrected chi connectivity index (χ3v) is 5.94. The minimum absolute atomic E-state index is 0.00734. The van der Waals surface area contributed by atoms with Gasteiger partial charge in [-0.05, 0) is 28.0 Å². The number of nitro benzene ring substituents is 1. The van der Waals surface area contributed by atoms with E-state index in [2.05, 4.69) is 57.6 Å². The molecule has 1 heterocycles. The number of aromatic nitrogens is 1. The summed E-state index contributed by atoms with van der Waals surface area (Å²) in [7, 11) is 0. The first kappa shape index (κ1) is 22.0. The zero-order valence-electron chi connectivity index (χ0n) is 18.8. The number of hydrazone groups is 1. The van der Waals surface area contributed by atoms with E-state index in [1.807, 2.05) is 30.5 Å². The van der Waals surface area contributed by atoms with Crippen LogP contribution in [0.5, 0.6) is 0 Å². The van der Waals surface area contributed by atoms with Gasteiger partial charge in [-0.15, -0.1) is 0 Å². The van der Waals surface area contributed by atoms with Crippen LogP contribution in [0.15, 0.2) is 102 Å². The highest BCUT2D eigenvalue weighted by molar-refractivity contribution is 6.00. The number of nitro groups is 1.